The fourth-order valence-electron chi connectivity index (χ4n) is 3.88. The van der Waals surface area contributed by atoms with E-state index in [1.54, 1.807) is 6.07 Å². The van der Waals surface area contributed by atoms with Crippen LogP contribution in [0.2, 0.25) is 0 Å². The van der Waals surface area contributed by atoms with E-state index in [0.29, 0.717) is 30.3 Å². The van der Waals surface area contributed by atoms with E-state index >= 15 is 4.39 Å². The van der Waals surface area contributed by atoms with Crippen molar-refractivity contribution in [1.82, 2.24) is 0 Å². The molecule has 0 amide bonds. The molecule has 6 heteroatoms. The molecule has 1 aliphatic heterocycles. The van der Waals surface area contributed by atoms with Crippen molar-refractivity contribution >= 4 is 5.97 Å². The second kappa shape index (κ2) is 9.44. The first-order valence-corrected chi connectivity index (χ1v) is 9.91. The largest absolute Gasteiger partial charge is 0.427 e. The number of rotatable bonds is 6. The number of halogens is 3. The van der Waals surface area contributed by atoms with E-state index in [-0.39, 0.29) is 11.1 Å². The Kier molecular flexibility index (Phi) is 6.96. The molecule has 2 atom stereocenters. The lowest BCUT2D eigenvalue weighted by Gasteiger charge is -2.30. The zero-order valence-corrected chi connectivity index (χ0v) is 16.6. The van der Waals surface area contributed by atoms with Gasteiger partial charge < -0.3 is 9.47 Å². The Balaban J connectivity index is 1.88. The molecule has 1 heterocycles. The van der Waals surface area contributed by atoms with Crippen LogP contribution in [-0.4, -0.2) is 12.6 Å². The number of ether oxygens (including phenoxy) is 2. The molecule has 2 aromatic carbocycles. The van der Waals surface area contributed by atoms with Crippen molar-refractivity contribution in [3.8, 4) is 16.9 Å². The Morgan fingerprint density at radius 2 is 1.90 bits per heavy atom. The molecule has 0 aromatic heterocycles. The lowest BCUT2D eigenvalue weighted by atomic mass is 9.89. The number of benzene rings is 2. The van der Waals surface area contributed by atoms with Gasteiger partial charge in [-0.25, -0.2) is 13.2 Å². The van der Waals surface area contributed by atoms with Gasteiger partial charge in [0.2, 0.25) is 0 Å². The number of alkyl halides is 2. The summed E-state index contributed by atoms with van der Waals surface area (Å²) in [5.41, 5.74) is 0.113. The van der Waals surface area contributed by atoms with E-state index in [9.17, 15) is 13.6 Å². The summed E-state index contributed by atoms with van der Waals surface area (Å²) in [5.74, 6) is -0.631. The van der Waals surface area contributed by atoms with E-state index in [2.05, 4.69) is 6.92 Å². The molecule has 29 heavy (non-hydrogen) atoms. The Labute approximate surface area is 168 Å². The van der Waals surface area contributed by atoms with Crippen molar-refractivity contribution in [3.63, 3.8) is 0 Å². The third kappa shape index (κ3) is 4.99. The maximum atomic E-state index is 15.1. The van der Waals surface area contributed by atoms with Crippen LogP contribution in [-0.2, 0) is 9.53 Å². The summed E-state index contributed by atoms with van der Waals surface area (Å²) < 4.78 is 53.5. The minimum atomic E-state index is -2.96. The molecule has 3 nitrogen and oxygen atoms in total. The molecule has 1 aliphatic rings. The Hall–Kier alpha value is -2.34. The van der Waals surface area contributed by atoms with Gasteiger partial charge in [-0.05, 0) is 48.4 Å². The zero-order chi connectivity index (χ0) is 21.0. The molecular formula is C23H25F3O3. The second-order valence-electron chi connectivity index (χ2n) is 7.40. The highest BCUT2D eigenvalue weighted by molar-refractivity contribution is 5.72. The molecular weight excluding hydrogens is 381 g/mol. The topological polar surface area (TPSA) is 35.5 Å². The van der Waals surface area contributed by atoms with Gasteiger partial charge >= 0.3 is 5.97 Å². The van der Waals surface area contributed by atoms with Crippen LogP contribution < -0.4 is 4.74 Å². The Bertz CT molecular complexity index is 841. The first kappa shape index (κ1) is 21.4. The summed E-state index contributed by atoms with van der Waals surface area (Å²) in [7, 11) is 0. The van der Waals surface area contributed by atoms with Gasteiger partial charge in [0.1, 0.15) is 11.6 Å². The zero-order valence-electron chi connectivity index (χ0n) is 16.6. The number of carbonyl (C=O) groups is 1. The summed E-state index contributed by atoms with van der Waals surface area (Å²) >= 11 is 0. The molecule has 0 radical (unpaired) electrons. The Morgan fingerprint density at radius 1 is 1.17 bits per heavy atom. The maximum Gasteiger partial charge on any atom is 0.308 e. The summed E-state index contributed by atoms with van der Waals surface area (Å²) in [6.07, 6.45) is 0.186. The van der Waals surface area contributed by atoms with Crippen LogP contribution in [0.4, 0.5) is 13.2 Å². The van der Waals surface area contributed by atoms with Crippen molar-refractivity contribution in [2.24, 2.45) is 5.92 Å². The standard InChI is InChI=1S/C23H25F3O3/c1-3-4-15-5-12-20(28-13-15)19-11-10-18(21(22(19)24)23(25)26)16-6-8-17(9-7-16)29-14(2)27/h6-11,15,20,23H,3-5,12-13H2,1-2H3. The highest BCUT2D eigenvalue weighted by atomic mass is 19.3. The summed E-state index contributed by atoms with van der Waals surface area (Å²) in [5, 5.41) is 0. The fraction of sp³-hybridized carbons (Fsp3) is 0.435. The lowest BCUT2D eigenvalue weighted by Crippen LogP contribution is -2.21. The van der Waals surface area contributed by atoms with Gasteiger partial charge in [0.15, 0.2) is 0 Å². The highest BCUT2D eigenvalue weighted by Crippen LogP contribution is 2.40. The maximum absolute atomic E-state index is 15.1. The van der Waals surface area contributed by atoms with E-state index < -0.39 is 29.9 Å². The molecule has 1 fully saturated rings. The number of esters is 1. The van der Waals surface area contributed by atoms with Crippen molar-refractivity contribution in [2.75, 3.05) is 6.61 Å². The molecule has 2 aromatic rings. The van der Waals surface area contributed by atoms with Gasteiger partial charge in [-0.2, -0.15) is 0 Å². The lowest BCUT2D eigenvalue weighted by molar-refractivity contribution is -0.131. The van der Waals surface area contributed by atoms with Gasteiger partial charge in [-0.15, -0.1) is 0 Å². The van der Waals surface area contributed by atoms with E-state index in [4.69, 9.17) is 9.47 Å². The van der Waals surface area contributed by atoms with Gasteiger partial charge in [-0.1, -0.05) is 37.6 Å². The van der Waals surface area contributed by atoms with Gasteiger partial charge in [-0.3, -0.25) is 4.79 Å². The molecule has 3 rings (SSSR count). The predicted molar refractivity (Wildman–Crippen MR) is 104 cm³/mol. The third-order valence-electron chi connectivity index (χ3n) is 5.27. The monoisotopic (exact) mass is 406 g/mol. The predicted octanol–water partition coefficient (Wildman–Crippen LogP) is 6.62. The SMILES string of the molecule is CCCC1CCC(c2ccc(-c3ccc(OC(C)=O)cc3)c(C(F)F)c2F)OC1. The minimum Gasteiger partial charge on any atom is -0.427 e. The molecule has 0 spiro atoms. The first-order chi connectivity index (χ1) is 13.9. The van der Waals surface area contributed by atoms with Crippen LogP contribution in [0.5, 0.6) is 5.75 Å². The van der Waals surface area contributed by atoms with Crippen molar-refractivity contribution in [2.45, 2.75) is 52.1 Å². The molecule has 156 valence electrons. The quantitative estimate of drug-likeness (QED) is 0.399. The number of hydrogen-bond acceptors (Lipinski definition) is 3. The average molecular weight is 406 g/mol. The molecule has 0 saturated carbocycles. The Morgan fingerprint density at radius 3 is 2.45 bits per heavy atom. The van der Waals surface area contributed by atoms with Crippen molar-refractivity contribution in [1.29, 1.82) is 0 Å². The van der Waals surface area contributed by atoms with Crippen LogP contribution in [0.25, 0.3) is 11.1 Å². The average Bonchev–Trinajstić information content (AvgIpc) is 2.68. The van der Waals surface area contributed by atoms with Gasteiger partial charge in [0.25, 0.3) is 6.43 Å². The normalized spacial score (nSPS) is 19.4. The molecule has 2 unspecified atom stereocenters. The van der Waals surface area contributed by atoms with Gasteiger partial charge in [0.05, 0.1) is 18.3 Å². The summed E-state index contributed by atoms with van der Waals surface area (Å²) in [6.45, 7) is 3.91. The first-order valence-electron chi connectivity index (χ1n) is 9.91. The molecule has 0 aliphatic carbocycles. The molecule has 0 bridgehead atoms. The summed E-state index contributed by atoms with van der Waals surface area (Å²) in [4.78, 5) is 11.0. The van der Waals surface area contributed by atoms with Crippen LogP contribution in [0.3, 0.4) is 0 Å². The van der Waals surface area contributed by atoms with Crippen LogP contribution in [0.15, 0.2) is 36.4 Å². The van der Waals surface area contributed by atoms with Crippen molar-refractivity contribution < 1.29 is 27.4 Å². The molecule has 0 N–H and O–H groups in total. The van der Waals surface area contributed by atoms with E-state index in [1.165, 1.54) is 37.3 Å². The van der Waals surface area contributed by atoms with E-state index in [1.807, 2.05) is 0 Å². The van der Waals surface area contributed by atoms with Crippen LogP contribution in [0, 0.1) is 11.7 Å². The van der Waals surface area contributed by atoms with E-state index in [0.717, 1.165) is 19.3 Å². The third-order valence-corrected chi connectivity index (χ3v) is 5.27. The second-order valence-corrected chi connectivity index (χ2v) is 7.40. The highest BCUT2D eigenvalue weighted by Gasteiger charge is 2.29. The minimum absolute atomic E-state index is 0.121. The smallest absolute Gasteiger partial charge is 0.308 e. The molecule has 1 saturated heterocycles. The fourth-order valence-corrected chi connectivity index (χ4v) is 3.88. The van der Waals surface area contributed by atoms with Crippen LogP contribution in [0.1, 0.15) is 63.2 Å². The van der Waals surface area contributed by atoms with Crippen LogP contribution >= 0.6 is 0 Å². The van der Waals surface area contributed by atoms with Crippen molar-refractivity contribution in [3.05, 3.63) is 53.3 Å². The van der Waals surface area contributed by atoms with Gasteiger partial charge in [0, 0.05) is 12.5 Å². The number of carbonyl (C=O) groups excluding carboxylic acids is 1. The number of hydrogen-bond donors (Lipinski definition) is 0. The summed E-state index contributed by atoms with van der Waals surface area (Å²) in [6, 6.07) is 9.12.